The summed E-state index contributed by atoms with van der Waals surface area (Å²) in [4.78, 5) is 10.9. The summed E-state index contributed by atoms with van der Waals surface area (Å²) in [6.45, 7) is 2.22. The molecule has 1 aromatic rings. The van der Waals surface area contributed by atoms with Crippen LogP contribution in [0.5, 0.6) is 0 Å². The predicted octanol–water partition coefficient (Wildman–Crippen LogP) is 1.63. The Bertz CT molecular complexity index is 420. The number of aliphatic hydroxyl groups excluding tert-OH is 1. The van der Waals surface area contributed by atoms with E-state index in [1.165, 1.54) is 6.92 Å². The molecular weight excluding hydrogens is 260 g/mol. The van der Waals surface area contributed by atoms with Crippen molar-refractivity contribution in [2.24, 2.45) is 0 Å². The zero-order valence-electron chi connectivity index (χ0n) is 11.5. The summed E-state index contributed by atoms with van der Waals surface area (Å²) in [6, 6.07) is 9.83. The van der Waals surface area contributed by atoms with E-state index in [9.17, 15) is 9.90 Å². The molecule has 3 atom stereocenters. The average molecular weight is 280 g/mol. The number of hydrogen-bond acceptors (Lipinski definition) is 5. The van der Waals surface area contributed by atoms with Crippen molar-refractivity contribution in [1.82, 2.24) is 0 Å². The van der Waals surface area contributed by atoms with E-state index in [2.05, 4.69) is 0 Å². The minimum atomic E-state index is -0.904. The van der Waals surface area contributed by atoms with Crippen molar-refractivity contribution in [2.75, 3.05) is 6.61 Å². The molecule has 0 bridgehead atoms. The third kappa shape index (κ3) is 4.92. The predicted molar refractivity (Wildman–Crippen MR) is 71.8 cm³/mol. The number of ether oxygens (including phenoxy) is 3. The van der Waals surface area contributed by atoms with Gasteiger partial charge >= 0.3 is 5.97 Å². The fourth-order valence-corrected chi connectivity index (χ4v) is 2.27. The summed E-state index contributed by atoms with van der Waals surface area (Å²) < 4.78 is 16.1. The van der Waals surface area contributed by atoms with Gasteiger partial charge in [-0.3, -0.25) is 4.79 Å². The molecule has 5 heteroatoms. The van der Waals surface area contributed by atoms with E-state index in [-0.39, 0.29) is 18.2 Å². The Balaban J connectivity index is 1.75. The molecule has 1 unspecified atom stereocenters. The van der Waals surface area contributed by atoms with E-state index in [0.717, 1.165) is 5.56 Å². The van der Waals surface area contributed by atoms with E-state index in [1.807, 2.05) is 30.3 Å². The molecule has 1 aliphatic rings. The number of carbonyl (C=O) groups excluding carboxylic acids is 1. The second kappa shape index (κ2) is 7.38. The number of esters is 1. The van der Waals surface area contributed by atoms with Crippen LogP contribution in [0.4, 0.5) is 0 Å². The first kappa shape index (κ1) is 15.0. The molecule has 0 spiro atoms. The van der Waals surface area contributed by atoms with Crippen molar-refractivity contribution in [3.05, 3.63) is 35.9 Å². The Morgan fingerprint density at radius 2 is 2.10 bits per heavy atom. The maximum absolute atomic E-state index is 10.9. The first-order valence-electron chi connectivity index (χ1n) is 6.76. The zero-order chi connectivity index (χ0) is 14.4. The van der Waals surface area contributed by atoms with Crippen LogP contribution in [0.15, 0.2) is 30.3 Å². The van der Waals surface area contributed by atoms with Crippen LogP contribution in [-0.2, 0) is 25.6 Å². The van der Waals surface area contributed by atoms with E-state index >= 15 is 0 Å². The second-order valence-corrected chi connectivity index (χ2v) is 4.92. The van der Waals surface area contributed by atoms with Crippen molar-refractivity contribution in [3.8, 4) is 0 Å². The third-order valence-corrected chi connectivity index (χ3v) is 3.09. The highest BCUT2D eigenvalue weighted by atomic mass is 16.6. The highest BCUT2D eigenvalue weighted by Gasteiger charge is 2.30. The molecule has 1 aliphatic heterocycles. The van der Waals surface area contributed by atoms with Crippen molar-refractivity contribution in [2.45, 2.75) is 44.9 Å². The quantitative estimate of drug-likeness (QED) is 0.830. The lowest BCUT2D eigenvalue weighted by Crippen LogP contribution is -2.39. The number of rotatable bonds is 5. The van der Waals surface area contributed by atoms with Gasteiger partial charge in [-0.05, 0) is 5.56 Å². The van der Waals surface area contributed by atoms with E-state index in [0.29, 0.717) is 26.1 Å². The fraction of sp³-hybridized carbons (Fsp3) is 0.533. The van der Waals surface area contributed by atoms with Crippen molar-refractivity contribution >= 4 is 5.97 Å². The SMILES string of the molecule is CC(=O)O[C@H]1CC(O)O[C@@H](COCc2ccccc2)C1. The molecule has 110 valence electrons. The molecule has 1 N–H and O–H groups in total. The summed E-state index contributed by atoms with van der Waals surface area (Å²) in [7, 11) is 0. The molecule has 1 fully saturated rings. The molecule has 1 heterocycles. The van der Waals surface area contributed by atoms with Crippen molar-refractivity contribution < 1.29 is 24.1 Å². The van der Waals surface area contributed by atoms with Gasteiger partial charge in [0.05, 0.1) is 19.3 Å². The lowest BCUT2D eigenvalue weighted by molar-refractivity contribution is -0.209. The molecule has 0 amide bonds. The molecule has 20 heavy (non-hydrogen) atoms. The molecule has 1 saturated heterocycles. The summed E-state index contributed by atoms with van der Waals surface area (Å²) in [6.07, 6.45) is -0.605. The van der Waals surface area contributed by atoms with Gasteiger partial charge in [0.15, 0.2) is 6.29 Å². The topological polar surface area (TPSA) is 65.0 Å². The lowest BCUT2D eigenvalue weighted by atomic mass is 10.1. The molecule has 0 radical (unpaired) electrons. The van der Waals surface area contributed by atoms with E-state index in [1.54, 1.807) is 0 Å². The van der Waals surface area contributed by atoms with Gasteiger partial charge in [0.1, 0.15) is 6.10 Å². The van der Waals surface area contributed by atoms with Crippen LogP contribution in [0.3, 0.4) is 0 Å². The average Bonchev–Trinajstić information content (AvgIpc) is 2.38. The van der Waals surface area contributed by atoms with Crippen LogP contribution in [-0.4, -0.2) is 36.2 Å². The maximum Gasteiger partial charge on any atom is 0.302 e. The highest BCUT2D eigenvalue weighted by molar-refractivity contribution is 5.66. The van der Waals surface area contributed by atoms with Crippen LogP contribution in [0.25, 0.3) is 0 Å². The molecule has 5 nitrogen and oxygen atoms in total. The van der Waals surface area contributed by atoms with E-state index in [4.69, 9.17) is 14.2 Å². The Morgan fingerprint density at radius 1 is 1.35 bits per heavy atom. The van der Waals surface area contributed by atoms with Crippen LogP contribution in [0.1, 0.15) is 25.3 Å². The van der Waals surface area contributed by atoms with Gasteiger partial charge < -0.3 is 19.3 Å². The maximum atomic E-state index is 10.9. The zero-order valence-corrected chi connectivity index (χ0v) is 11.5. The lowest BCUT2D eigenvalue weighted by Gasteiger charge is -2.32. The van der Waals surface area contributed by atoms with Crippen LogP contribution >= 0.6 is 0 Å². The van der Waals surface area contributed by atoms with Crippen LogP contribution in [0.2, 0.25) is 0 Å². The number of hydrogen-bond donors (Lipinski definition) is 1. The molecule has 2 rings (SSSR count). The first-order valence-corrected chi connectivity index (χ1v) is 6.76. The standard InChI is InChI=1S/C15H20O5/c1-11(16)19-13-7-14(20-15(17)8-13)10-18-9-12-5-3-2-4-6-12/h2-6,13-15,17H,7-10H2,1H3/t13-,14-,15?/m1/s1. The van der Waals surface area contributed by atoms with Gasteiger partial charge in [-0.25, -0.2) is 0 Å². The van der Waals surface area contributed by atoms with Gasteiger partial charge in [-0.2, -0.15) is 0 Å². The normalized spacial score (nSPS) is 26.2. The Labute approximate surface area is 118 Å². The van der Waals surface area contributed by atoms with Gasteiger partial charge in [0, 0.05) is 19.8 Å². The minimum absolute atomic E-state index is 0.258. The van der Waals surface area contributed by atoms with Gasteiger partial charge in [0.25, 0.3) is 0 Å². The van der Waals surface area contributed by atoms with Gasteiger partial charge in [-0.15, -0.1) is 0 Å². The summed E-state index contributed by atoms with van der Waals surface area (Å²) >= 11 is 0. The smallest absolute Gasteiger partial charge is 0.302 e. The Kier molecular flexibility index (Phi) is 5.52. The third-order valence-electron chi connectivity index (χ3n) is 3.09. The minimum Gasteiger partial charge on any atom is -0.462 e. The molecule has 0 aromatic heterocycles. The molecule has 1 aromatic carbocycles. The largest absolute Gasteiger partial charge is 0.462 e. The molecular formula is C15H20O5. The fourth-order valence-electron chi connectivity index (χ4n) is 2.27. The van der Waals surface area contributed by atoms with Gasteiger partial charge in [-0.1, -0.05) is 30.3 Å². The van der Waals surface area contributed by atoms with Crippen LogP contribution in [0, 0.1) is 0 Å². The van der Waals surface area contributed by atoms with Gasteiger partial charge in [0.2, 0.25) is 0 Å². The molecule has 0 aliphatic carbocycles. The Hall–Kier alpha value is -1.43. The van der Waals surface area contributed by atoms with Crippen molar-refractivity contribution in [1.29, 1.82) is 0 Å². The molecule has 0 saturated carbocycles. The van der Waals surface area contributed by atoms with E-state index < -0.39 is 6.29 Å². The monoisotopic (exact) mass is 280 g/mol. The number of carbonyl (C=O) groups is 1. The summed E-state index contributed by atoms with van der Waals surface area (Å²) in [5.74, 6) is -0.340. The Morgan fingerprint density at radius 3 is 2.80 bits per heavy atom. The van der Waals surface area contributed by atoms with Crippen LogP contribution < -0.4 is 0 Å². The second-order valence-electron chi connectivity index (χ2n) is 4.92. The first-order chi connectivity index (χ1) is 9.63. The summed E-state index contributed by atoms with van der Waals surface area (Å²) in [5, 5.41) is 9.61. The number of aliphatic hydroxyl groups is 1. The summed E-state index contributed by atoms with van der Waals surface area (Å²) in [5.41, 5.74) is 1.08. The highest BCUT2D eigenvalue weighted by Crippen LogP contribution is 2.21. The van der Waals surface area contributed by atoms with Crippen molar-refractivity contribution in [3.63, 3.8) is 0 Å². The number of benzene rings is 1.